The van der Waals surface area contributed by atoms with Gasteiger partial charge in [0.2, 0.25) is 5.91 Å². The van der Waals surface area contributed by atoms with Crippen LogP contribution >= 0.6 is 15.9 Å². The summed E-state index contributed by atoms with van der Waals surface area (Å²) in [6.07, 6.45) is 6.53. The number of nitrogens with zero attached hydrogens (tertiary/aromatic N) is 1. The van der Waals surface area contributed by atoms with Crippen molar-refractivity contribution in [3.05, 3.63) is 64.4 Å². The van der Waals surface area contributed by atoms with E-state index in [1.165, 1.54) is 0 Å². The summed E-state index contributed by atoms with van der Waals surface area (Å²) in [6, 6.07) is 11.9. The van der Waals surface area contributed by atoms with Crippen molar-refractivity contribution < 1.29 is 14.7 Å². The van der Waals surface area contributed by atoms with E-state index in [-0.39, 0.29) is 17.9 Å². The van der Waals surface area contributed by atoms with Gasteiger partial charge < -0.3 is 15.7 Å². The van der Waals surface area contributed by atoms with Crippen LogP contribution in [0.15, 0.2) is 53.3 Å². The molecule has 7 heteroatoms. The van der Waals surface area contributed by atoms with Gasteiger partial charge in [-0.05, 0) is 71.1 Å². The van der Waals surface area contributed by atoms with Crippen molar-refractivity contribution in [3.63, 3.8) is 0 Å². The van der Waals surface area contributed by atoms with Crippen molar-refractivity contribution >= 4 is 27.9 Å². The Morgan fingerprint density at radius 2 is 1.86 bits per heavy atom. The Balaban J connectivity index is 1.63. The Labute approximate surface area is 179 Å². The lowest BCUT2D eigenvalue weighted by molar-refractivity contribution is -0.127. The summed E-state index contributed by atoms with van der Waals surface area (Å²) in [5.41, 5.74) is 2.12. The molecule has 1 heterocycles. The number of benzene rings is 1. The molecule has 3 N–H and O–H groups in total. The van der Waals surface area contributed by atoms with E-state index in [2.05, 4.69) is 43.7 Å². The van der Waals surface area contributed by atoms with Gasteiger partial charge in [0.15, 0.2) is 0 Å². The van der Waals surface area contributed by atoms with Crippen molar-refractivity contribution in [1.82, 2.24) is 15.6 Å². The lowest BCUT2D eigenvalue weighted by Gasteiger charge is -2.29. The third-order valence-corrected chi connectivity index (χ3v) is 5.92. The zero-order valence-corrected chi connectivity index (χ0v) is 17.8. The van der Waals surface area contributed by atoms with Crippen LogP contribution in [-0.4, -0.2) is 28.6 Å². The van der Waals surface area contributed by atoms with Gasteiger partial charge in [-0.3, -0.25) is 9.78 Å². The zero-order valence-electron chi connectivity index (χ0n) is 16.2. The van der Waals surface area contributed by atoms with Crippen molar-refractivity contribution in [1.29, 1.82) is 0 Å². The summed E-state index contributed by atoms with van der Waals surface area (Å²) >= 11 is 3.47. The molecule has 1 unspecified atom stereocenters. The number of rotatable bonds is 7. The molecule has 1 aromatic heterocycles. The van der Waals surface area contributed by atoms with Gasteiger partial charge >= 0.3 is 6.09 Å². The maximum atomic E-state index is 13.0. The van der Waals surface area contributed by atoms with Crippen LogP contribution in [-0.2, 0) is 11.2 Å². The molecule has 1 aromatic carbocycles. The smallest absolute Gasteiger partial charge is 0.404 e. The molecule has 1 aliphatic rings. The molecule has 2 aromatic rings. The van der Waals surface area contributed by atoms with Crippen LogP contribution in [0.4, 0.5) is 4.79 Å². The van der Waals surface area contributed by atoms with Crippen LogP contribution in [0, 0.1) is 11.8 Å². The van der Waals surface area contributed by atoms with Gasteiger partial charge in [-0.1, -0.05) is 30.3 Å². The summed E-state index contributed by atoms with van der Waals surface area (Å²) < 4.78 is 0.883. The minimum Gasteiger partial charge on any atom is -0.465 e. The molecule has 1 fully saturated rings. The van der Waals surface area contributed by atoms with Gasteiger partial charge in [-0.2, -0.15) is 0 Å². The largest absolute Gasteiger partial charge is 0.465 e. The van der Waals surface area contributed by atoms with E-state index in [1.54, 1.807) is 12.4 Å². The number of hydrogen-bond acceptors (Lipinski definition) is 3. The number of carboxylic acid groups (broad SMARTS) is 1. The number of carbonyl (C=O) groups excluding carboxylic acids is 1. The molecule has 2 amide bonds. The normalized spacial score (nSPS) is 19.9. The Hall–Kier alpha value is -2.41. The van der Waals surface area contributed by atoms with Gasteiger partial charge in [-0.25, -0.2) is 4.79 Å². The van der Waals surface area contributed by atoms with Gasteiger partial charge in [0.1, 0.15) is 0 Å². The van der Waals surface area contributed by atoms with Crippen LogP contribution < -0.4 is 10.6 Å². The van der Waals surface area contributed by atoms with Crippen LogP contribution in [0.25, 0.3) is 0 Å². The molecular weight excluding hydrogens is 434 g/mol. The lowest BCUT2D eigenvalue weighted by Crippen LogP contribution is -2.38. The Morgan fingerprint density at radius 3 is 2.52 bits per heavy atom. The molecule has 29 heavy (non-hydrogen) atoms. The third-order valence-electron chi connectivity index (χ3n) is 5.49. The molecular formula is C22H26BrN3O3. The van der Waals surface area contributed by atoms with Crippen molar-refractivity contribution in [2.24, 2.45) is 11.8 Å². The van der Waals surface area contributed by atoms with Gasteiger partial charge in [0.25, 0.3) is 0 Å². The second-order valence-corrected chi connectivity index (χ2v) is 8.51. The lowest BCUT2D eigenvalue weighted by atomic mass is 9.81. The maximum Gasteiger partial charge on any atom is 0.404 e. The summed E-state index contributed by atoms with van der Waals surface area (Å²) in [5.74, 6) is 0.342. The fraction of sp³-hybridized carbons (Fsp3) is 0.409. The van der Waals surface area contributed by atoms with E-state index in [0.717, 1.165) is 41.3 Å². The average Bonchev–Trinajstić information content (AvgIpc) is 2.73. The Bertz CT molecular complexity index is 823. The van der Waals surface area contributed by atoms with E-state index in [4.69, 9.17) is 5.11 Å². The minimum absolute atomic E-state index is 0.0329. The van der Waals surface area contributed by atoms with E-state index >= 15 is 0 Å². The maximum absolute atomic E-state index is 13.0. The second kappa shape index (κ2) is 10.4. The molecule has 0 aliphatic heterocycles. The highest BCUT2D eigenvalue weighted by molar-refractivity contribution is 9.10. The number of halogens is 1. The number of nitrogens with one attached hydrogen (secondary N) is 2. The summed E-state index contributed by atoms with van der Waals surface area (Å²) in [6.45, 7) is 0.462. The van der Waals surface area contributed by atoms with Crippen LogP contribution in [0.5, 0.6) is 0 Å². The molecule has 0 saturated heterocycles. The second-order valence-electron chi connectivity index (χ2n) is 7.59. The Morgan fingerprint density at radius 1 is 1.14 bits per heavy atom. The van der Waals surface area contributed by atoms with Crippen LogP contribution in [0.3, 0.4) is 0 Å². The monoisotopic (exact) mass is 459 g/mol. The molecule has 6 nitrogen and oxygen atoms in total. The topological polar surface area (TPSA) is 91.3 Å². The average molecular weight is 460 g/mol. The minimum atomic E-state index is -0.990. The van der Waals surface area contributed by atoms with Crippen molar-refractivity contribution in [2.45, 2.75) is 38.1 Å². The molecule has 0 radical (unpaired) electrons. The van der Waals surface area contributed by atoms with Gasteiger partial charge in [0.05, 0.1) is 6.04 Å². The molecule has 1 aliphatic carbocycles. The van der Waals surface area contributed by atoms with Gasteiger partial charge in [-0.15, -0.1) is 0 Å². The number of hydrogen-bond donors (Lipinski definition) is 3. The summed E-state index contributed by atoms with van der Waals surface area (Å²) in [7, 11) is 0. The van der Waals surface area contributed by atoms with E-state index < -0.39 is 6.09 Å². The predicted octanol–water partition coefficient (Wildman–Crippen LogP) is 4.32. The number of amides is 2. The fourth-order valence-electron chi connectivity index (χ4n) is 3.87. The van der Waals surface area contributed by atoms with Crippen LogP contribution in [0.2, 0.25) is 0 Å². The van der Waals surface area contributed by atoms with Crippen molar-refractivity contribution in [2.75, 3.05) is 6.54 Å². The highest BCUT2D eigenvalue weighted by Gasteiger charge is 2.28. The third kappa shape index (κ3) is 6.56. The van der Waals surface area contributed by atoms with Crippen LogP contribution in [0.1, 0.15) is 42.9 Å². The number of carbonyl (C=O) groups is 2. The van der Waals surface area contributed by atoms with Gasteiger partial charge in [0, 0.05) is 29.3 Å². The molecule has 1 atom stereocenters. The molecule has 154 valence electrons. The first kappa shape index (κ1) is 21.3. The first-order valence-corrected chi connectivity index (χ1v) is 10.7. The summed E-state index contributed by atoms with van der Waals surface area (Å²) in [4.78, 5) is 27.9. The highest BCUT2D eigenvalue weighted by atomic mass is 79.9. The molecule has 0 bridgehead atoms. The highest BCUT2D eigenvalue weighted by Crippen LogP contribution is 2.30. The van der Waals surface area contributed by atoms with E-state index in [1.807, 2.05) is 24.3 Å². The van der Waals surface area contributed by atoms with E-state index in [9.17, 15) is 9.59 Å². The first-order chi connectivity index (χ1) is 14.0. The first-order valence-electron chi connectivity index (χ1n) is 9.93. The SMILES string of the molecule is O=C(O)NCC1CCC(C(=O)NC(Cc2ccccc2)c2cncc(Br)c2)CC1. The number of aromatic nitrogens is 1. The zero-order chi connectivity index (χ0) is 20.6. The quantitative estimate of drug-likeness (QED) is 0.574. The predicted molar refractivity (Wildman–Crippen MR) is 114 cm³/mol. The summed E-state index contributed by atoms with van der Waals surface area (Å²) in [5, 5.41) is 14.4. The Kier molecular flexibility index (Phi) is 7.63. The molecule has 3 rings (SSSR count). The fourth-order valence-corrected chi connectivity index (χ4v) is 4.25. The van der Waals surface area contributed by atoms with Crippen molar-refractivity contribution in [3.8, 4) is 0 Å². The number of pyridine rings is 1. The molecule has 0 spiro atoms. The standard InChI is InChI=1S/C22H26BrN3O3/c23-19-11-18(13-24-14-19)20(10-15-4-2-1-3-5-15)26-21(27)17-8-6-16(7-9-17)12-25-22(28)29/h1-5,11,13-14,16-17,20,25H,6-10,12H2,(H,26,27)(H,28,29). The molecule has 1 saturated carbocycles. The van der Waals surface area contributed by atoms with E-state index in [0.29, 0.717) is 18.9 Å².